The number of piperazine rings is 1. The number of aromatic nitrogens is 1. The number of hydrogen-bond donors (Lipinski definition) is 0. The van der Waals surface area contributed by atoms with Crippen molar-refractivity contribution < 1.29 is 13.2 Å². The van der Waals surface area contributed by atoms with Gasteiger partial charge in [-0.15, -0.1) is 0 Å². The fourth-order valence-corrected chi connectivity index (χ4v) is 5.77. The summed E-state index contributed by atoms with van der Waals surface area (Å²) in [5, 5.41) is 0.492. The number of sulfonamides is 1. The Labute approximate surface area is 182 Å². The van der Waals surface area contributed by atoms with Crippen LogP contribution in [0, 0.1) is 5.92 Å². The minimum Gasteiger partial charge on any atom is -0.368 e. The number of benzene rings is 1. The molecule has 1 aromatic carbocycles. The van der Waals surface area contributed by atoms with Crippen molar-refractivity contribution in [2.24, 2.45) is 5.92 Å². The quantitative estimate of drug-likeness (QED) is 0.718. The minimum atomic E-state index is -3.63. The lowest BCUT2D eigenvalue weighted by Gasteiger charge is -2.39. The molecule has 30 heavy (non-hydrogen) atoms. The summed E-state index contributed by atoms with van der Waals surface area (Å²) in [5.41, 5.74) is 1.11. The summed E-state index contributed by atoms with van der Waals surface area (Å²) in [6.07, 6.45) is 4.94. The van der Waals surface area contributed by atoms with E-state index in [9.17, 15) is 13.2 Å². The Morgan fingerprint density at radius 3 is 2.30 bits per heavy atom. The van der Waals surface area contributed by atoms with Crippen LogP contribution in [0.3, 0.4) is 0 Å². The molecule has 0 spiro atoms. The molecule has 2 aliphatic heterocycles. The summed E-state index contributed by atoms with van der Waals surface area (Å²) in [6.45, 7) is 3.46. The molecule has 2 aliphatic rings. The molecule has 2 saturated heterocycles. The van der Waals surface area contributed by atoms with Crippen LogP contribution in [-0.2, 0) is 14.8 Å². The Hall–Kier alpha value is -2.16. The van der Waals surface area contributed by atoms with Crippen molar-refractivity contribution in [1.29, 1.82) is 0 Å². The van der Waals surface area contributed by atoms with Gasteiger partial charge in [0, 0.05) is 62.4 Å². The van der Waals surface area contributed by atoms with Crippen molar-refractivity contribution in [3.8, 4) is 0 Å². The van der Waals surface area contributed by atoms with Gasteiger partial charge in [0.2, 0.25) is 15.9 Å². The van der Waals surface area contributed by atoms with Crippen LogP contribution in [0.25, 0.3) is 0 Å². The SMILES string of the molecule is O=C(C1CCCN(S(=O)(=O)c2ccc(Cl)cc2)C1)N1CCN(c2ccncc2)CC1. The van der Waals surface area contributed by atoms with E-state index >= 15 is 0 Å². The number of carbonyl (C=O) groups is 1. The van der Waals surface area contributed by atoms with Gasteiger partial charge < -0.3 is 9.80 Å². The van der Waals surface area contributed by atoms with E-state index in [1.165, 1.54) is 16.4 Å². The molecule has 2 aromatic rings. The smallest absolute Gasteiger partial charge is 0.243 e. The van der Waals surface area contributed by atoms with Crippen molar-refractivity contribution in [2.45, 2.75) is 17.7 Å². The fraction of sp³-hybridized carbons (Fsp3) is 0.429. The van der Waals surface area contributed by atoms with E-state index in [-0.39, 0.29) is 23.3 Å². The lowest BCUT2D eigenvalue weighted by molar-refractivity contribution is -0.137. The maximum absolute atomic E-state index is 13.1. The number of hydrogen-bond acceptors (Lipinski definition) is 5. The highest BCUT2D eigenvalue weighted by Gasteiger charge is 2.35. The van der Waals surface area contributed by atoms with Crippen molar-refractivity contribution in [3.63, 3.8) is 0 Å². The van der Waals surface area contributed by atoms with Crippen LogP contribution in [0.2, 0.25) is 5.02 Å². The van der Waals surface area contributed by atoms with E-state index in [0.29, 0.717) is 31.1 Å². The van der Waals surface area contributed by atoms with Gasteiger partial charge in [0.25, 0.3) is 0 Å². The number of piperidine rings is 1. The molecule has 160 valence electrons. The molecule has 3 heterocycles. The molecule has 0 bridgehead atoms. The van der Waals surface area contributed by atoms with Gasteiger partial charge >= 0.3 is 0 Å². The van der Waals surface area contributed by atoms with Gasteiger partial charge in [-0.3, -0.25) is 9.78 Å². The van der Waals surface area contributed by atoms with Crippen molar-refractivity contribution >= 4 is 33.2 Å². The Morgan fingerprint density at radius 2 is 1.63 bits per heavy atom. The van der Waals surface area contributed by atoms with Crippen LogP contribution in [0.5, 0.6) is 0 Å². The van der Waals surface area contributed by atoms with Crippen LogP contribution in [0.1, 0.15) is 12.8 Å². The first-order valence-corrected chi connectivity index (χ1v) is 12.0. The maximum atomic E-state index is 13.1. The Balaban J connectivity index is 1.39. The van der Waals surface area contributed by atoms with Gasteiger partial charge in [0.1, 0.15) is 0 Å². The topological polar surface area (TPSA) is 73.8 Å². The van der Waals surface area contributed by atoms with Crippen LogP contribution in [0.15, 0.2) is 53.7 Å². The van der Waals surface area contributed by atoms with Crippen molar-refractivity contribution in [3.05, 3.63) is 53.8 Å². The largest absolute Gasteiger partial charge is 0.368 e. The monoisotopic (exact) mass is 448 g/mol. The summed E-state index contributed by atoms with van der Waals surface area (Å²) >= 11 is 5.88. The van der Waals surface area contributed by atoms with Crippen LogP contribution in [-0.4, -0.2) is 67.8 Å². The van der Waals surface area contributed by atoms with Crippen LogP contribution < -0.4 is 4.90 Å². The molecule has 0 N–H and O–H groups in total. The third-order valence-electron chi connectivity index (χ3n) is 5.80. The molecule has 4 rings (SSSR count). The van der Waals surface area contributed by atoms with E-state index in [2.05, 4.69) is 9.88 Å². The lowest BCUT2D eigenvalue weighted by atomic mass is 9.97. The average molecular weight is 449 g/mol. The van der Waals surface area contributed by atoms with Crippen LogP contribution >= 0.6 is 11.6 Å². The molecule has 0 aliphatic carbocycles. The number of halogens is 1. The predicted molar refractivity (Wildman–Crippen MR) is 116 cm³/mol. The third kappa shape index (κ3) is 4.45. The number of carbonyl (C=O) groups excluding carboxylic acids is 1. The van der Waals surface area contributed by atoms with Crippen molar-refractivity contribution in [2.75, 3.05) is 44.2 Å². The highest BCUT2D eigenvalue weighted by molar-refractivity contribution is 7.89. The molecule has 1 aromatic heterocycles. The van der Waals surface area contributed by atoms with E-state index < -0.39 is 10.0 Å². The highest BCUT2D eigenvalue weighted by atomic mass is 35.5. The molecule has 1 atom stereocenters. The predicted octanol–water partition coefficient (Wildman–Crippen LogP) is 2.48. The van der Waals surface area contributed by atoms with Gasteiger partial charge in [-0.2, -0.15) is 4.31 Å². The van der Waals surface area contributed by atoms with Gasteiger partial charge in [0.15, 0.2) is 0 Å². The van der Waals surface area contributed by atoms with E-state index in [4.69, 9.17) is 11.6 Å². The molecule has 0 saturated carbocycles. The lowest BCUT2D eigenvalue weighted by Crippen LogP contribution is -2.53. The maximum Gasteiger partial charge on any atom is 0.243 e. The first-order chi connectivity index (χ1) is 14.4. The number of rotatable bonds is 4. The Kier molecular flexibility index (Phi) is 6.26. The van der Waals surface area contributed by atoms with E-state index in [1.54, 1.807) is 24.5 Å². The second-order valence-electron chi connectivity index (χ2n) is 7.67. The third-order valence-corrected chi connectivity index (χ3v) is 7.94. The van der Waals surface area contributed by atoms with Gasteiger partial charge in [0.05, 0.1) is 10.8 Å². The number of amides is 1. The second-order valence-corrected chi connectivity index (χ2v) is 10.0. The van der Waals surface area contributed by atoms with Crippen LogP contribution in [0.4, 0.5) is 5.69 Å². The fourth-order valence-electron chi connectivity index (χ4n) is 4.12. The first kappa shape index (κ1) is 21.1. The normalized spacial score (nSPS) is 20.9. The standard InChI is InChI=1S/C21H25ClN4O3S/c22-18-3-5-20(6-4-18)30(28,29)26-11-1-2-17(16-26)21(27)25-14-12-24(13-15-25)19-7-9-23-10-8-19/h3-10,17H,1-2,11-16H2. The molecule has 1 unspecified atom stereocenters. The molecule has 7 nitrogen and oxygen atoms in total. The molecular weight excluding hydrogens is 424 g/mol. The number of pyridine rings is 1. The van der Waals surface area contributed by atoms with Gasteiger partial charge in [-0.25, -0.2) is 8.42 Å². The van der Waals surface area contributed by atoms with E-state index in [1.807, 2.05) is 17.0 Å². The summed E-state index contributed by atoms with van der Waals surface area (Å²) < 4.78 is 27.4. The number of nitrogens with zero attached hydrogens (tertiary/aromatic N) is 4. The van der Waals surface area contributed by atoms with Gasteiger partial charge in [-0.05, 0) is 49.2 Å². The molecule has 2 fully saturated rings. The van der Waals surface area contributed by atoms with E-state index in [0.717, 1.165) is 25.2 Å². The highest BCUT2D eigenvalue weighted by Crippen LogP contribution is 2.26. The molecule has 9 heteroatoms. The molecular formula is C21H25ClN4O3S. The summed E-state index contributed by atoms with van der Waals surface area (Å²) in [7, 11) is -3.63. The summed E-state index contributed by atoms with van der Waals surface area (Å²) in [5.74, 6) is -0.242. The Morgan fingerprint density at radius 1 is 0.967 bits per heavy atom. The zero-order chi connectivity index (χ0) is 21.1. The minimum absolute atomic E-state index is 0.0559. The zero-order valence-corrected chi connectivity index (χ0v) is 18.2. The average Bonchev–Trinajstić information content (AvgIpc) is 2.80. The summed E-state index contributed by atoms with van der Waals surface area (Å²) in [6, 6.07) is 10.1. The first-order valence-electron chi connectivity index (χ1n) is 10.1. The van der Waals surface area contributed by atoms with Gasteiger partial charge in [-0.1, -0.05) is 11.6 Å². The summed E-state index contributed by atoms with van der Waals surface area (Å²) in [4.78, 5) is 21.5. The molecule has 1 amide bonds. The zero-order valence-electron chi connectivity index (χ0n) is 16.7. The number of anilines is 1. The second kappa shape index (κ2) is 8.91. The molecule has 0 radical (unpaired) electrons. The van der Waals surface area contributed by atoms with Crippen molar-refractivity contribution in [1.82, 2.24) is 14.2 Å². The Bertz CT molecular complexity index is 977.